The molecule has 0 fully saturated rings. The number of esters is 2. The van der Waals surface area contributed by atoms with E-state index in [1.165, 1.54) is 49.9 Å². The van der Waals surface area contributed by atoms with Gasteiger partial charge < -0.3 is 29.8 Å². The van der Waals surface area contributed by atoms with Gasteiger partial charge in [-0.3, -0.25) is 9.59 Å². The van der Waals surface area contributed by atoms with Gasteiger partial charge in [-0.15, -0.1) is 0 Å². The molecule has 1 aliphatic heterocycles. The van der Waals surface area contributed by atoms with Crippen molar-refractivity contribution in [2.45, 2.75) is 51.4 Å². The molecule has 0 unspecified atom stereocenters. The Morgan fingerprint density at radius 3 is 2.81 bits per heavy atom. The molecule has 198 valence electrons. The van der Waals surface area contributed by atoms with Gasteiger partial charge in [0.1, 0.15) is 30.6 Å². The van der Waals surface area contributed by atoms with Crippen LogP contribution in [0.4, 0.5) is 0 Å². The molecule has 0 aromatic heterocycles. The highest BCUT2D eigenvalue weighted by atomic mass is 16.6. The van der Waals surface area contributed by atoms with E-state index in [-0.39, 0.29) is 30.6 Å². The van der Waals surface area contributed by atoms with Crippen molar-refractivity contribution >= 4 is 24.1 Å². The average Bonchev–Trinajstić information content (AvgIpc) is 2.85. The molecule has 37 heavy (non-hydrogen) atoms. The summed E-state index contributed by atoms with van der Waals surface area (Å²) >= 11 is 0. The Morgan fingerprint density at radius 2 is 2.05 bits per heavy atom. The largest absolute Gasteiger partial charge is 0.507 e. The number of oxime groups is 1. The number of allylic oxidation sites excluding steroid dienone is 2. The second-order valence-corrected chi connectivity index (χ2v) is 8.16. The van der Waals surface area contributed by atoms with E-state index in [1.54, 1.807) is 38.1 Å². The number of carbonyl (C=O) groups is 3. The molecule has 2 rings (SSSR count). The Balaban J connectivity index is 2.25. The Kier molecular flexibility index (Phi) is 11.8. The summed E-state index contributed by atoms with van der Waals surface area (Å²) in [6, 6.07) is 4.65. The minimum atomic E-state index is -0.936. The van der Waals surface area contributed by atoms with Crippen LogP contribution in [-0.4, -0.2) is 59.7 Å². The molecule has 0 saturated carbocycles. The number of benzene rings is 1. The number of aliphatic hydroxyl groups excluding tert-OH is 1. The molecule has 0 bridgehead atoms. The number of fused-ring (bicyclic) bond motifs is 1. The lowest BCUT2D eigenvalue weighted by Gasteiger charge is -2.18. The molecule has 3 N–H and O–H groups in total. The Labute approximate surface area is 215 Å². The fraction of sp³-hybridized carbons (Fsp3) is 0.333. The maximum atomic E-state index is 13.1. The smallest absolute Gasteiger partial charge is 0.342 e. The summed E-state index contributed by atoms with van der Waals surface area (Å²) in [6.07, 6.45) is 9.26. The van der Waals surface area contributed by atoms with E-state index in [0.717, 1.165) is 0 Å². The summed E-state index contributed by atoms with van der Waals surface area (Å²) in [4.78, 5) is 41.9. The van der Waals surface area contributed by atoms with E-state index in [4.69, 9.17) is 9.47 Å². The van der Waals surface area contributed by atoms with Crippen LogP contribution in [0.1, 0.15) is 42.6 Å². The van der Waals surface area contributed by atoms with Gasteiger partial charge in [-0.25, -0.2) is 4.79 Å². The van der Waals surface area contributed by atoms with E-state index in [9.17, 15) is 24.6 Å². The molecule has 0 radical (unpaired) electrons. The van der Waals surface area contributed by atoms with E-state index in [1.807, 2.05) is 0 Å². The Bertz CT molecular complexity index is 1100. The first-order valence-electron chi connectivity index (χ1n) is 11.6. The van der Waals surface area contributed by atoms with Crippen LogP contribution in [-0.2, 0) is 30.3 Å². The molecule has 1 amide bonds. The molecule has 1 aromatic rings. The van der Waals surface area contributed by atoms with E-state index >= 15 is 0 Å². The molecule has 0 saturated heterocycles. The van der Waals surface area contributed by atoms with Crippen molar-refractivity contribution in [1.82, 2.24) is 5.32 Å². The zero-order valence-electron chi connectivity index (χ0n) is 21.0. The summed E-state index contributed by atoms with van der Waals surface area (Å²) < 4.78 is 10.9. The number of phenols is 1. The molecule has 10 nitrogen and oxygen atoms in total. The van der Waals surface area contributed by atoms with Gasteiger partial charge in [0, 0.05) is 18.7 Å². The maximum absolute atomic E-state index is 13.1. The lowest BCUT2D eigenvalue weighted by Crippen LogP contribution is -2.25. The van der Waals surface area contributed by atoms with Crippen molar-refractivity contribution in [1.29, 1.82) is 0 Å². The summed E-state index contributed by atoms with van der Waals surface area (Å²) in [5, 5.41) is 26.7. The van der Waals surface area contributed by atoms with Crippen LogP contribution in [0.5, 0.6) is 5.75 Å². The third-order valence-electron chi connectivity index (χ3n) is 5.24. The summed E-state index contributed by atoms with van der Waals surface area (Å²) in [6.45, 7) is 3.38. The van der Waals surface area contributed by atoms with Crippen molar-refractivity contribution < 1.29 is 38.9 Å². The number of aromatic hydroxyl groups is 1. The van der Waals surface area contributed by atoms with Gasteiger partial charge in [-0.1, -0.05) is 35.5 Å². The van der Waals surface area contributed by atoms with Gasteiger partial charge in [0.2, 0.25) is 5.91 Å². The number of ether oxygens (including phenoxy) is 2. The molecule has 1 heterocycles. The summed E-state index contributed by atoms with van der Waals surface area (Å²) in [5.41, 5.74) is 1.09. The number of nitrogens with one attached hydrogen (secondary N) is 1. The van der Waals surface area contributed by atoms with Crippen molar-refractivity contribution in [3.63, 3.8) is 0 Å². The quantitative estimate of drug-likeness (QED) is 0.174. The van der Waals surface area contributed by atoms with Crippen LogP contribution >= 0.6 is 0 Å². The van der Waals surface area contributed by atoms with Gasteiger partial charge in [-0.05, 0) is 49.6 Å². The molecular weight excluding hydrogens is 480 g/mol. The lowest BCUT2D eigenvalue weighted by molar-refractivity contribution is -0.148. The number of rotatable bonds is 6. The predicted molar refractivity (Wildman–Crippen MR) is 137 cm³/mol. The van der Waals surface area contributed by atoms with Gasteiger partial charge in [0.25, 0.3) is 0 Å². The average molecular weight is 513 g/mol. The van der Waals surface area contributed by atoms with Crippen molar-refractivity contribution in [2.75, 3.05) is 7.11 Å². The van der Waals surface area contributed by atoms with Crippen LogP contribution in [0.15, 0.2) is 71.6 Å². The second kappa shape index (κ2) is 15.0. The summed E-state index contributed by atoms with van der Waals surface area (Å²) in [7, 11) is 1.38. The minimum Gasteiger partial charge on any atom is -0.507 e. The van der Waals surface area contributed by atoms with Crippen molar-refractivity contribution in [3.8, 4) is 5.75 Å². The number of carbonyl (C=O) groups excluding carboxylic acids is 3. The number of nitrogens with zero attached hydrogens (tertiary/aromatic N) is 1. The zero-order chi connectivity index (χ0) is 27.2. The molecule has 1 aromatic carbocycles. The monoisotopic (exact) mass is 512 g/mol. The highest BCUT2D eigenvalue weighted by molar-refractivity contribution is 5.94. The molecular formula is C27H32N2O8. The lowest BCUT2D eigenvalue weighted by atomic mass is 10.0. The number of aliphatic hydroxyl groups is 1. The highest BCUT2D eigenvalue weighted by Gasteiger charge is 2.24. The topological polar surface area (TPSA) is 144 Å². The third-order valence-corrected chi connectivity index (χ3v) is 5.24. The standard InChI is InChI=1S/C27H32N2O8/c1-18-11-13-20-7-4-9-23(31)26(20)27(34)37-21(17-25(33)36-19(2)12-14-22(18)30)8-5-15-28-24(32)10-6-16-29-35-3/h4-7,9-12,14-16,19,21-22,30-31H,8,13,17H2,1-3H3,(H,28,32)/b10-6-,14-12-,15-5+,18-11+,29-16-/t19-,21-,22-/m1/s1. The molecule has 0 spiro atoms. The SMILES string of the molecule is CO/N=C\C=C/C(=O)N/C=C/C[C@@H]1CC(=O)O[C@H](C)/C=C\[C@@H](O)/C(C)=C/Cc2cccc(O)c2C(=O)O1. The van der Waals surface area contributed by atoms with E-state index < -0.39 is 36.2 Å². The van der Waals surface area contributed by atoms with E-state index in [0.29, 0.717) is 11.1 Å². The van der Waals surface area contributed by atoms with Crippen LogP contribution in [0.3, 0.4) is 0 Å². The number of cyclic esters (lactones) is 2. The Morgan fingerprint density at radius 1 is 1.27 bits per heavy atom. The van der Waals surface area contributed by atoms with Crippen LogP contribution < -0.4 is 5.32 Å². The Hall–Kier alpha value is -4.18. The molecule has 3 atom stereocenters. The number of hydrogen-bond acceptors (Lipinski definition) is 9. The fourth-order valence-electron chi connectivity index (χ4n) is 3.30. The second-order valence-electron chi connectivity index (χ2n) is 8.16. The first-order valence-corrected chi connectivity index (χ1v) is 11.6. The van der Waals surface area contributed by atoms with Crippen LogP contribution in [0.2, 0.25) is 0 Å². The first-order chi connectivity index (χ1) is 17.7. The van der Waals surface area contributed by atoms with Crippen molar-refractivity contribution in [3.05, 3.63) is 77.6 Å². The zero-order valence-corrected chi connectivity index (χ0v) is 21.0. The van der Waals surface area contributed by atoms with Crippen LogP contribution in [0.25, 0.3) is 0 Å². The number of hydrogen-bond donors (Lipinski definition) is 3. The molecule has 10 heteroatoms. The third kappa shape index (κ3) is 10.1. The minimum absolute atomic E-state index is 0.0293. The first kappa shape index (κ1) is 29.1. The van der Waals surface area contributed by atoms with Gasteiger partial charge in [-0.2, -0.15) is 0 Å². The molecule has 1 aliphatic rings. The number of phenolic OH excluding ortho intramolecular Hbond substituents is 1. The van der Waals surface area contributed by atoms with Crippen LogP contribution in [0, 0.1) is 0 Å². The van der Waals surface area contributed by atoms with Crippen molar-refractivity contribution in [2.24, 2.45) is 5.16 Å². The normalized spacial score (nSPS) is 23.9. The van der Waals surface area contributed by atoms with Gasteiger partial charge in [0.05, 0.1) is 18.7 Å². The van der Waals surface area contributed by atoms with E-state index in [2.05, 4.69) is 15.3 Å². The summed E-state index contributed by atoms with van der Waals surface area (Å²) in [5.74, 6) is -2.12. The maximum Gasteiger partial charge on any atom is 0.342 e. The predicted octanol–water partition coefficient (Wildman–Crippen LogP) is 2.87. The molecule has 0 aliphatic carbocycles. The fourth-order valence-corrected chi connectivity index (χ4v) is 3.30. The number of amides is 1. The highest BCUT2D eigenvalue weighted by Crippen LogP contribution is 2.25. The van der Waals surface area contributed by atoms with Gasteiger partial charge in [0.15, 0.2) is 0 Å². The van der Waals surface area contributed by atoms with Gasteiger partial charge >= 0.3 is 11.9 Å².